The number of likely N-dealkylation sites (tertiary alicyclic amines) is 1. The van der Waals surface area contributed by atoms with Crippen molar-refractivity contribution >= 4 is 5.97 Å². The summed E-state index contributed by atoms with van der Waals surface area (Å²) in [5, 5.41) is 8.94. The van der Waals surface area contributed by atoms with Gasteiger partial charge in [-0.3, -0.25) is 4.90 Å². The van der Waals surface area contributed by atoms with Crippen molar-refractivity contribution in [2.24, 2.45) is 5.41 Å². The summed E-state index contributed by atoms with van der Waals surface area (Å²) in [5.41, 5.74) is 0.507. The molecule has 2 fully saturated rings. The van der Waals surface area contributed by atoms with Crippen molar-refractivity contribution < 1.29 is 14.6 Å². The molecule has 0 bridgehead atoms. The normalized spacial score (nSPS) is 26.2. The van der Waals surface area contributed by atoms with E-state index in [1.54, 1.807) is 0 Å². The Morgan fingerprint density at radius 1 is 1.29 bits per heavy atom. The van der Waals surface area contributed by atoms with E-state index in [1.807, 2.05) is 0 Å². The minimum absolute atomic E-state index is 0.507. The summed E-state index contributed by atoms with van der Waals surface area (Å²) >= 11 is 0. The van der Waals surface area contributed by atoms with Crippen molar-refractivity contribution in [1.29, 1.82) is 0 Å². The van der Waals surface area contributed by atoms with Gasteiger partial charge in [-0.15, -0.1) is 0 Å². The predicted octanol–water partition coefficient (Wildman–Crippen LogP) is 1.74. The largest absolute Gasteiger partial charge is 0.479 e. The molecule has 1 unspecified atom stereocenters. The van der Waals surface area contributed by atoms with E-state index in [0.717, 1.165) is 13.1 Å². The molecule has 0 aromatic heterocycles. The fraction of sp³-hybridized carbons (Fsp3) is 0.923. The van der Waals surface area contributed by atoms with Crippen LogP contribution in [-0.4, -0.2) is 48.8 Å². The minimum atomic E-state index is -0.852. The highest BCUT2D eigenvalue weighted by Crippen LogP contribution is 2.42. The number of carboxylic acids is 1. The summed E-state index contributed by atoms with van der Waals surface area (Å²) in [6.45, 7) is 2.67. The van der Waals surface area contributed by atoms with Gasteiger partial charge >= 0.3 is 5.97 Å². The number of hydrogen-bond acceptors (Lipinski definition) is 3. The first-order chi connectivity index (χ1) is 8.15. The molecule has 0 aromatic rings. The number of ether oxygens (including phenoxy) is 1. The molecule has 0 amide bonds. The van der Waals surface area contributed by atoms with Crippen LogP contribution in [0.25, 0.3) is 0 Å². The van der Waals surface area contributed by atoms with Gasteiger partial charge in [0.05, 0.1) is 0 Å². The molecule has 1 N–H and O–H groups in total. The fourth-order valence-corrected chi connectivity index (χ4v) is 3.31. The number of aliphatic carboxylic acids is 1. The maximum atomic E-state index is 10.9. The smallest absolute Gasteiger partial charge is 0.334 e. The molecule has 4 nitrogen and oxygen atoms in total. The molecular weight excluding hydrogens is 218 g/mol. The van der Waals surface area contributed by atoms with Gasteiger partial charge < -0.3 is 9.84 Å². The number of nitrogens with zero attached hydrogens (tertiary/aromatic N) is 1. The van der Waals surface area contributed by atoms with E-state index in [-0.39, 0.29) is 0 Å². The Hall–Kier alpha value is -0.610. The van der Waals surface area contributed by atoms with Crippen molar-refractivity contribution in [2.75, 3.05) is 26.7 Å². The lowest BCUT2D eigenvalue weighted by Gasteiger charge is -2.51. The number of methoxy groups -OCH3 is 1. The van der Waals surface area contributed by atoms with E-state index in [0.29, 0.717) is 12.0 Å². The average molecular weight is 241 g/mol. The van der Waals surface area contributed by atoms with E-state index in [4.69, 9.17) is 9.84 Å². The van der Waals surface area contributed by atoms with Gasteiger partial charge in [0.1, 0.15) is 0 Å². The highest BCUT2D eigenvalue weighted by atomic mass is 16.5. The molecule has 2 rings (SSSR count). The number of carboxylic acid groups (broad SMARTS) is 1. The maximum Gasteiger partial charge on any atom is 0.334 e. The van der Waals surface area contributed by atoms with Crippen LogP contribution in [0.1, 0.15) is 38.5 Å². The molecule has 1 atom stereocenters. The quantitative estimate of drug-likeness (QED) is 0.814. The molecule has 4 heteroatoms. The summed E-state index contributed by atoms with van der Waals surface area (Å²) in [5.74, 6) is -0.852. The van der Waals surface area contributed by atoms with Crippen LogP contribution in [-0.2, 0) is 9.53 Å². The zero-order valence-corrected chi connectivity index (χ0v) is 10.7. The highest BCUT2D eigenvalue weighted by Gasteiger charge is 2.43. The standard InChI is InChI=1S/C13H23NO3/c1-17-11(12(15)16)8-14-9-13(10-14)6-4-2-3-5-7-13/h11H,2-10H2,1H3,(H,15,16). The number of rotatable bonds is 4. The molecule has 1 aliphatic heterocycles. The summed E-state index contributed by atoms with van der Waals surface area (Å²) in [7, 11) is 1.47. The van der Waals surface area contributed by atoms with E-state index in [2.05, 4.69) is 4.90 Å². The Morgan fingerprint density at radius 3 is 2.35 bits per heavy atom. The molecule has 1 spiro atoms. The third-order valence-electron chi connectivity index (χ3n) is 4.27. The molecule has 1 aliphatic carbocycles. The van der Waals surface area contributed by atoms with Gasteiger partial charge in [-0.1, -0.05) is 25.7 Å². The van der Waals surface area contributed by atoms with Crippen LogP contribution in [0.5, 0.6) is 0 Å². The second-order valence-corrected chi connectivity index (χ2v) is 5.65. The third kappa shape index (κ3) is 2.99. The van der Waals surface area contributed by atoms with Crippen LogP contribution >= 0.6 is 0 Å². The minimum Gasteiger partial charge on any atom is -0.479 e. The Morgan fingerprint density at radius 2 is 1.88 bits per heavy atom. The topological polar surface area (TPSA) is 49.8 Å². The Kier molecular flexibility index (Phi) is 4.05. The molecule has 98 valence electrons. The molecule has 1 saturated carbocycles. The zero-order chi connectivity index (χ0) is 12.3. The van der Waals surface area contributed by atoms with E-state index in [1.165, 1.54) is 45.6 Å². The second kappa shape index (κ2) is 5.36. The van der Waals surface area contributed by atoms with Gasteiger partial charge in [0.2, 0.25) is 0 Å². The van der Waals surface area contributed by atoms with Gasteiger partial charge in [0.25, 0.3) is 0 Å². The lowest BCUT2D eigenvalue weighted by Crippen LogP contribution is -2.58. The van der Waals surface area contributed by atoms with Gasteiger partial charge in [0.15, 0.2) is 6.10 Å². The molecule has 2 aliphatic rings. The zero-order valence-electron chi connectivity index (χ0n) is 10.7. The van der Waals surface area contributed by atoms with Gasteiger partial charge in [-0.2, -0.15) is 0 Å². The lowest BCUT2D eigenvalue weighted by atomic mass is 9.73. The second-order valence-electron chi connectivity index (χ2n) is 5.65. The lowest BCUT2D eigenvalue weighted by molar-refractivity contribution is -0.152. The number of hydrogen-bond donors (Lipinski definition) is 1. The van der Waals surface area contributed by atoms with Crippen LogP contribution in [0.2, 0.25) is 0 Å². The van der Waals surface area contributed by atoms with Gasteiger partial charge in [0, 0.05) is 26.7 Å². The van der Waals surface area contributed by atoms with Crippen LogP contribution in [0.15, 0.2) is 0 Å². The summed E-state index contributed by atoms with van der Waals surface area (Å²) < 4.78 is 4.98. The monoisotopic (exact) mass is 241 g/mol. The average Bonchev–Trinajstić information content (AvgIpc) is 2.49. The molecule has 1 saturated heterocycles. The van der Waals surface area contributed by atoms with Crippen molar-refractivity contribution in [2.45, 2.75) is 44.6 Å². The first kappa shape index (κ1) is 12.8. The van der Waals surface area contributed by atoms with Crippen molar-refractivity contribution in [1.82, 2.24) is 4.90 Å². The first-order valence-corrected chi connectivity index (χ1v) is 6.63. The van der Waals surface area contributed by atoms with E-state index in [9.17, 15) is 4.79 Å². The predicted molar refractivity (Wildman–Crippen MR) is 65.0 cm³/mol. The summed E-state index contributed by atoms with van der Waals surface area (Å²) in [6, 6.07) is 0. The van der Waals surface area contributed by atoms with E-state index >= 15 is 0 Å². The van der Waals surface area contributed by atoms with Gasteiger partial charge in [-0.25, -0.2) is 4.79 Å². The van der Waals surface area contributed by atoms with Crippen molar-refractivity contribution in [3.05, 3.63) is 0 Å². The van der Waals surface area contributed by atoms with Crippen molar-refractivity contribution in [3.63, 3.8) is 0 Å². The summed E-state index contributed by atoms with van der Waals surface area (Å²) in [6.07, 6.45) is 7.43. The third-order valence-corrected chi connectivity index (χ3v) is 4.27. The Labute approximate surface area is 103 Å². The molecule has 0 radical (unpaired) electrons. The molecular formula is C13H23NO3. The Balaban J connectivity index is 1.79. The first-order valence-electron chi connectivity index (χ1n) is 6.63. The van der Waals surface area contributed by atoms with Crippen LogP contribution in [0.4, 0.5) is 0 Å². The fourth-order valence-electron chi connectivity index (χ4n) is 3.31. The molecule has 0 aromatic carbocycles. The highest BCUT2D eigenvalue weighted by molar-refractivity contribution is 5.72. The maximum absolute atomic E-state index is 10.9. The number of carbonyl (C=O) groups is 1. The molecule has 17 heavy (non-hydrogen) atoms. The van der Waals surface area contributed by atoms with E-state index < -0.39 is 12.1 Å². The molecule has 1 heterocycles. The van der Waals surface area contributed by atoms with Crippen LogP contribution in [0.3, 0.4) is 0 Å². The SMILES string of the molecule is COC(CN1CC2(CCCCCC2)C1)C(=O)O. The summed E-state index contributed by atoms with van der Waals surface area (Å²) in [4.78, 5) is 13.1. The van der Waals surface area contributed by atoms with Gasteiger partial charge in [-0.05, 0) is 18.3 Å². The van der Waals surface area contributed by atoms with Crippen LogP contribution < -0.4 is 0 Å². The van der Waals surface area contributed by atoms with Crippen LogP contribution in [0, 0.1) is 5.41 Å². The van der Waals surface area contributed by atoms with Crippen molar-refractivity contribution in [3.8, 4) is 0 Å². The Bertz CT molecular complexity index is 264.